The molecule has 0 aromatic heterocycles. The molecule has 4 aromatic rings. The van der Waals surface area contributed by atoms with Gasteiger partial charge in [0, 0.05) is 46.1 Å². The SMILES string of the molecule is N=C(c1c(C(=O)O)cc2c3c(ccc(C(N)=O)c13)C(=O)NC2=O)N(Cc1ccc(C(F)(F)F)cc1)Cc1ccc(C(F)(F)F)cc1. The summed E-state index contributed by atoms with van der Waals surface area (Å²) in [6.45, 7) is -0.712. The number of carboxylic acids is 1. The van der Waals surface area contributed by atoms with Crippen LogP contribution in [0.5, 0.6) is 0 Å². The lowest BCUT2D eigenvalue weighted by molar-refractivity contribution is -0.138. The number of nitrogens with one attached hydrogen (secondary N) is 2. The third-order valence-electron chi connectivity index (χ3n) is 7.36. The number of rotatable bonds is 7. The molecule has 4 aromatic carbocycles. The normalized spacial score (nSPS) is 13.0. The Morgan fingerprint density at radius 3 is 1.65 bits per heavy atom. The van der Waals surface area contributed by atoms with Crippen LogP contribution >= 0.6 is 0 Å². The highest BCUT2D eigenvalue weighted by atomic mass is 19.4. The van der Waals surface area contributed by atoms with Crippen LogP contribution in [0.2, 0.25) is 0 Å². The molecular formula is C31H20F6N4O5. The molecule has 1 aliphatic rings. The van der Waals surface area contributed by atoms with Gasteiger partial charge < -0.3 is 15.7 Å². The van der Waals surface area contributed by atoms with Crippen LogP contribution in [0, 0.1) is 5.41 Å². The summed E-state index contributed by atoms with van der Waals surface area (Å²) in [5, 5.41) is 21.0. The van der Waals surface area contributed by atoms with E-state index >= 15 is 0 Å². The Kier molecular flexibility index (Phi) is 7.80. The second-order valence-electron chi connectivity index (χ2n) is 10.3. The fraction of sp³-hybridized carbons (Fsp3) is 0.129. The first-order valence-corrected chi connectivity index (χ1v) is 13.2. The number of carbonyl (C=O) groups is 4. The van der Waals surface area contributed by atoms with Crippen molar-refractivity contribution >= 4 is 40.3 Å². The van der Waals surface area contributed by atoms with Crippen LogP contribution in [-0.2, 0) is 25.4 Å². The Bertz CT molecular complexity index is 1890. The van der Waals surface area contributed by atoms with E-state index in [1.54, 1.807) is 0 Å². The minimum atomic E-state index is -4.65. The minimum absolute atomic E-state index is 0.127. The number of benzene rings is 4. The fourth-order valence-electron chi connectivity index (χ4n) is 5.20. The zero-order valence-corrected chi connectivity index (χ0v) is 23.1. The second kappa shape index (κ2) is 11.3. The fourth-order valence-corrected chi connectivity index (χ4v) is 5.20. The van der Waals surface area contributed by atoms with E-state index in [4.69, 9.17) is 5.73 Å². The van der Waals surface area contributed by atoms with Crippen molar-refractivity contribution in [3.8, 4) is 0 Å². The molecule has 0 spiro atoms. The molecule has 9 nitrogen and oxygen atoms in total. The van der Waals surface area contributed by atoms with Gasteiger partial charge in [0.2, 0.25) is 5.91 Å². The lowest BCUT2D eigenvalue weighted by atomic mass is 9.85. The van der Waals surface area contributed by atoms with Gasteiger partial charge in [0.1, 0.15) is 5.84 Å². The zero-order valence-electron chi connectivity index (χ0n) is 23.1. The van der Waals surface area contributed by atoms with Gasteiger partial charge in [-0.25, -0.2) is 4.79 Å². The second-order valence-corrected chi connectivity index (χ2v) is 10.3. The smallest absolute Gasteiger partial charge is 0.416 e. The summed E-state index contributed by atoms with van der Waals surface area (Å²) in [4.78, 5) is 51.7. The Morgan fingerprint density at radius 1 is 0.739 bits per heavy atom. The van der Waals surface area contributed by atoms with E-state index in [-0.39, 0.29) is 51.7 Å². The van der Waals surface area contributed by atoms with Crippen LogP contribution in [0.25, 0.3) is 10.8 Å². The first-order chi connectivity index (χ1) is 21.5. The van der Waals surface area contributed by atoms with Gasteiger partial charge in [0.15, 0.2) is 0 Å². The largest absolute Gasteiger partial charge is 0.478 e. The number of alkyl halides is 6. The summed E-state index contributed by atoms with van der Waals surface area (Å²) in [7, 11) is 0. The van der Waals surface area contributed by atoms with Crippen molar-refractivity contribution in [3.05, 3.63) is 117 Å². The summed E-state index contributed by atoms with van der Waals surface area (Å²) < 4.78 is 79.1. The molecule has 0 atom stereocenters. The standard InChI is InChI=1S/C31H20F6N4O5/c32-30(33,34)16-5-1-14(2-6-16)12-41(13-15-3-7-17(8-4-15)31(35,36)37)25(38)24-21(29(45)46)11-20-22-19(27(43)40-28(20)44)10-9-18(23(22)24)26(39)42/h1-11,38H,12-13H2,(H2,39,42)(H,45,46)(H,40,43,44). The highest BCUT2D eigenvalue weighted by molar-refractivity contribution is 6.31. The van der Waals surface area contributed by atoms with Gasteiger partial charge >= 0.3 is 18.3 Å². The summed E-state index contributed by atoms with van der Waals surface area (Å²) in [6.07, 6.45) is -9.31. The first kappa shape index (κ1) is 31.7. The predicted octanol–water partition coefficient (Wildman–Crippen LogP) is 5.59. The maximum atomic E-state index is 13.2. The Morgan fingerprint density at radius 2 is 1.22 bits per heavy atom. The number of hydrogen-bond donors (Lipinski definition) is 4. The van der Waals surface area contributed by atoms with Gasteiger partial charge in [0.05, 0.1) is 16.7 Å². The van der Waals surface area contributed by atoms with E-state index in [9.17, 15) is 56.0 Å². The molecule has 0 radical (unpaired) electrons. The van der Waals surface area contributed by atoms with Crippen LogP contribution < -0.4 is 11.1 Å². The van der Waals surface area contributed by atoms with Crippen LogP contribution in [-0.4, -0.2) is 39.5 Å². The average Bonchev–Trinajstić information content (AvgIpc) is 2.97. The van der Waals surface area contributed by atoms with E-state index < -0.39 is 64.1 Å². The van der Waals surface area contributed by atoms with E-state index in [2.05, 4.69) is 5.32 Å². The molecule has 236 valence electrons. The number of carboxylic acid groups (broad SMARTS) is 1. The number of imide groups is 1. The van der Waals surface area contributed by atoms with Gasteiger partial charge in [-0.05, 0) is 53.6 Å². The molecular weight excluding hydrogens is 622 g/mol. The lowest BCUT2D eigenvalue weighted by Gasteiger charge is -2.29. The van der Waals surface area contributed by atoms with Gasteiger partial charge in [0.25, 0.3) is 11.8 Å². The Hall–Kier alpha value is -5.73. The number of amides is 3. The molecule has 0 saturated carbocycles. The molecule has 5 rings (SSSR count). The quantitative estimate of drug-likeness (QED) is 0.0893. The summed E-state index contributed by atoms with van der Waals surface area (Å²) in [5.74, 6) is -5.22. The predicted molar refractivity (Wildman–Crippen MR) is 150 cm³/mol. The highest BCUT2D eigenvalue weighted by Gasteiger charge is 2.34. The number of carbonyl (C=O) groups excluding carboxylic acids is 3. The van der Waals surface area contributed by atoms with Crippen molar-refractivity contribution in [1.82, 2.24) is 10.2 Å². The number of halogens is 6. The van der Waals surface area contributed by atoms with Crippen molar-refractivity contribution < 1.29 is 50.6 Å². The van der Waals surface area contributed by atoms with Gasteiger partial charge in [-0.1, -0.05) is 24.3 Å². The third kappa shape index (κ3) is 5.86. The van der Waals surface area contributed by atoms with Crippen molar-refractivity contribution in [1.29, 1.82) is 5.41 Å². The number of aromatic carboxylic acids is 1. The molecule has 46 heavy (non-hydrogen) atoms. The van der Waals surface area contributed by atoms with Gasteiger partial charge in [-0.3, -0.25) is 25.1 Å². The number of nitrogens with two attached hydrogens (primary N) is 1. The molecule has 3 amide bonds. The maximum Gasteiger partial charge on any atom is 0.416 e. The van der Waals surface area contributed by atoms with E-state index in [1.165, 1.54) is 6.07 Å². The number of nitrogens with zero attached hydrogens (tertiary/aromatic N) is 1. The Labute approximate surface area is 254 Å². The summed E-state index contributed by atoms with van der Waals surface area (Å²) >= 11 is 0. The average molecular weight is 643 g/mol. The number of amidine groups is 1. The van der Waals surface area contributed by atoms with Crippen LogP contribution in [0.1, 0.15) is 69.2 Å². The van der Waals surface area contributed by atoms with Gasteiger partial charge in [-0.2, -0.15) is 26.3 Å². The highest BCUT2D eigenvalue weighted by Crippen LogP contribution is 2.36. The number of hydrogen-bond acceptors (Lipinski definition) is 5. The number of primary amides is 1. The topological polar surface area (TPSA) is 154 Å². The molecule has 0 bridgehead atoms. The zero-order chi connectivity index (χ0) is 33.7. The van der Waals surface area contributed by atoms with Crippen LogP contribution in [0.4, 0.5) is 26.3 Å². The van der Waals surface area contributed by atoms with Crippen molar-refractivity contribution in [2.45, 2.75) is 25.4 Å². The van der Waals surface area contributed by atoms with Crippen LogP contribution in [0.3, 0.4) is 0 Å². The third-order valence-corrected chi connectivity index (χ3v) is 7.36. The van der Waals surface area contributed by atoms with Crippen LogP contribution in [0.15, 0.2) is 66.7 Å². The van der Waals surface area contributed by atoms with E-state index in [0.29, 0.717) is 0 Å². The maximum absolute atomic E-state index is 13.2. The molecule has 15 heteroatoms. The molecule has 1 heterocycles. The van der Waals surface area contributed by atoms with Crippen molar-refractivity contribution in [2.24, 2.45) is 5.73 Å². The van der Waals surface area contributed by atoms with Crippen molar-refractivity contribution in [2.75, 3.05) is 0 Å². The van der Waals surface area contributed by atoms with Crippen molar-refractivity contribution in [3.63, 3.8) is 0 Å². The van der Waals surface area contributed by atoms with Gasteiger partial charge in [-0.15, -0.1) is 0 Å². The molecule has 1 aliphatic heterocycles. The van der Waals surface area contributed by atoms with E-state index in [1.807, 2.05) is 0 Å². The Balaban J connectivity index is 1.72. The lowest BCUT2D eigenvalue weighted by Crippen LogP contribution is -2.37. The summed E-state index contributed by atoms with van der Waals surface area (Å²) in [6, 6.07) is 10.8. The monoisotopic (exact) mass is 642 g/mol. The molecule has 5 N–H and O–H groups in total. The molecule has 0 saturated heterocycles. The minimum Gasteiger partial charge on any atom is -0.478 e. The summed E-state index contributed by atoms with van der Waals surface area (Å²) in [5.41, 5.74) is 2.19. The molecule has 0 unspecified atom stereocenters. The first-order valence-electron chi connectivity index (χ1n) is 13.2. The molecule has 0 aliphatic carbocycles. The van der Waals surface area contributed by atoms with E-state index in [0.717, 1.165) is 65.6 Å². The molecule has 0 fully saturated rings.